The molecular weight excluding hydrogens is 433 g/mol. The monoisotopic (exact) mass is 459 g/mol. The number of cyclic esters (lactones) is 1. The predicted molar refractivity (Wildman–Crippen MR) is 123 cm³/mol. The first kappa shape index (κ1) is 22.3. The Bertz CT molecular complexity index is 1240. The fraction of sp³-hybridized carbons (Fsp3) is 0.407. The number of allylic oxidation sites excluding steroid dienone is 1. The summed E-state index contributed by atoms with van der Waals surface area (Å²) < 4.78 is 21.6. The molecule has 5 rings (SSSR count). The number of carbonyl (C=O) groups is 2. The summed E-state index contributed by atoms with van der Waals surface area (Å²) in [6, 6.07) is 13.3. The Morgan fingerprint density at radius 3 is 2.68 bits per heavy atom. The first-order chi connectivity index (χ1) is 16.2. The number of benzene rings is 1. The van der Waals surface area contributed by atoms with Gasteiger partial charge in [-0.25, -0.2) is 4.39 Å². The predicted octanol–water partition coefficient (Wildman–Crippen LogP) is 4.27. The van der Waals surface area contributed by atoms with Gasteiger partial charge >= 0.3 is 5.97 Å². The number of rotatable bonds is 3. The van der Waals surface area contributed by atoms with Crippen molar-refractivity contribution >= 4 is 18.0 Å². The molecule has 3 heterocycles. The Morgan fingerprint density at radius 1 is 1.21 bits per heavy atom. The maximum Gasteiger partial charge on any atom is 0.313 e. The van der Waals surface area contributed by atoms with Gasteiger partial charge < -0.3 is 10.1 Å². The molecule has 1 aromatic heterocycles. The van der Waals surface area contributed by atoms with Crippen LogP contribution in [0.3, 0.4) is 0 Å². The minimum Gasteiger partial charge on any atom is -0.462 e. The van der Waals surface area contributed by atoms with Crippen LogP contribution in [0.4, 0.5) is 4.39 Å². The van der Waals surface area contributed by atoms with Crippen LogP contribution in [-0.4, -0.2) is 28.8 Å². The Kier molecular flexibility index (Phi) is 5.09. The Morgan fingerprint density at radius 2 is 1.97 bits per heavy atom. The van der Waals surface area contributed by atoms with Crippen LogP contribution in [0.2, 0.25) is 0 Å². The van der Waals surface area contributed by atoms with Crippen molar-refractivity contribution in [1.82, 2.24) is 10.3 Å². The topological polar surface area (TPSA) is 92.1 Å². The van der Waals surface area contributed by atoms with Gasteiger partial charge in [0.2, 0.25) is 5.91 Å². The number of halogens is 1. The highest BCUT2D eigenvalue weighted by atomic mass is 19.1. The molecule has 2 unspecified atom stereocenters. The van der Waals surface area contributed by atoms with E-state index in [2.05, 4.69) is 16.4 Å². The average molecular weight is 460 g/mol. The van der Waals surface area contributed by atoms with Crippen LogP contribution in [0.1, 0.15) is 38.4 Å². The highest BCUT2D eigenvalue weighted by molar-refractivity contribution is 5.91. The number of hydrogen-bond acceptors (Lipinski definition) is 5. The lowest BCUT2D eigenvalue weighted by Crippen LogP contribution is -2.70. The standard InChI is InChI=1S/C27H26FN3O3/c1-15-21(11-10-20-9-8-19(13-30-20)22-7-5-4-6-18(22)12-29)23-17(3)34-25(33)26(23)14-27(15,28)31-24(32)16(26)2/h4-11,13,15-17,21,23H,14H2,1-3H3,(H,31,32)/b11-10+/t15-,16-,17+,21-,23-,26?,27?/m0/s1. The maximum atomic E-state index is 16.0. The number of piperidine rings is 1. The third-order valence-corrected chi connectivity index (χ3v) is 8.17. The van der Waals surface area contributed by atoms with Crippen LogP contribution in [0.5, 0.6) is 0 Å². The van der Waals surface area contributed by atoms with Gasteiger partial charge in [-0.2, -0.15) is 5.26 Å². The smallest absolute Gasteiger partial charge is 0.313 e. The lowest BCUT2D eigenvalue weighted by molar-refractivity contribution is -0.181. The number of nitrogens with zero attached hydrogens (tertiary/aromatic N) is 2. The van der Waals surface area contributed by atoms with Crippen molar-refractivity contribution in [3.05, 3.63) is 59.9 Å². The number of ether oxygens (including phenoxy) is 1. The van der Waals surface area contributed by atoms with E-state index in [0.717, 1.165) is 11.1 Å². The van der Waals surface area contributed by atoms with E-state index in [4.69, 9.17) is 4.74 Å². The van der Waals surface area contributed by atoms with E-state index in [1.54, 1.807) is 26.1 Å². The van der Waals surface area contributed by atoms with E-state index in [1.807, 2.05) is 49.4 Å². The molecule has 7 heteroatoms. The van der Waals surface area contributed by atoms with Crippen molar-refractivity contribution in [2.45, 2.75) is 39.1 Å². The SMILES string of the molecule is C[C@H]1OC(=O)C23CC(F)(NC(=O)[C@@H]2C)[C@@H](C)[C@H](/C=C/c2ccc(-c4ccccc4C#N)cn2)[C@H]13. The number of fused-ring (bicyclic) bond motifs is 1. The first-order valence-electron chi connectivity index (χ1n) is 11.6. The highest BCUT2D eigenvalue weighted by Gasteiger charge is 2.72. The maximum absolute atomic E-state index is 16.0. The third-order valence-electron chi connectivity index (χ3n) is 8.17. The molecule has 1 saturated carbocycles. The molecule has 1 aliphatic carbocycles. The number of nitriles is 1. The molecule has 174 valence electrons. The molecule has 1 N–H and O–H groups in total. The Hall–Kier alpha value is -3.53. The van der Waals surface area contributed by atoms with Crippen LogP contribution < -0.4 is 5.32 Å². The number of hydrogen-bond donors (Lipinski definition) is 1. The van der Waals surface area contributed by atoms with Crippen molar-refractivity contribution in [1.29, 1.82) is 5.26 Å². The second-order valence-corrected chi connectivity index (χ2v) is 9.78. The van der Waals surface area contributed by atoms with Gasteiger partial charge in [0.1, 0.15) is 6.10 Å². The van der Waals surface area contributed by atoms with E-state index in [-0.39, 0.29) is 18.3 Å². The quantitative estimate of drug-likeness (QED) is 0.547. The van der Waals surface area contributed by atoms with E-state index >= 15 is 4.39 Å². The number of pyridine rings is 1. The third kappa shape index (κ3) is 3.08. The van der Waals surface area contributed by atoms with Gasteiger partial charge in [0.05, 0.1) is 28.7 Å². The van der Waals surface area contributed by atoms with Crippen LogP contribution >= 0.6 is 0 Å². The van der Waals surface area contributed by atoms with Gasteiger partial charge in [0, 0.05) is 35.6 Å². The zero-order valence-corrected chi connectivity index (χ0v) is 19.3. The summed E-state index contributed by atoms with van der Waals surface area (Å²) in [5, 5.41) is 11.9. The first-order valence-corrected chi connectivity index (χ1v) is 11.6. The number of alkyl halides is 1. The number of amides is 1. The largest absolute Gasteiger partial charge is 0.462 e. The van der Waals surface area contributed by atoms with E-state index in [1.165, 1.54) is 0 Å². The van der Waals surface area contributed by atoms with Gasteiger partial charge in [-0.3, -0.25) is 14.6 Å². The van der Waals surface area contributed by atoms with Gasteiger partial charge in [-0.05, 0) is 31.1 Å². The number of esters is 1. The second-order valence-electron chi connectivity index (χ2n) is 9.78. The molecule has 2 saturated heterocycles. The van der Waals surface area contributed by atoms with Crippen LogP contribution in [0.25, 0.3) is 17.2 Å². The van der Waals surface area contributed by atoms with E-state index < -0.39 is 41.0 Å². The minimum absolute atomic E-state index is 0.0580. The molecule has 34 heavy (non-hydrogen) atoms. The lowest BCUT2D eigenvalue weighted by Gasteiger charge is -2.56. The fourth-order valence-corrected chi connectivity index (χ4v) is 6.27. The summed E-state index contributed by atoms with van der Waals surface area (Å²) in [6.45, 7) is 5.30. The minimum atomic E-state index is -1.98. The zero-order chi connectivity index (χ0) is 24.3. The lowest BCUT2D eigenvalue weighted by atomic mass is 9.50. The van der Waals surface area contributed by atoms with Gasteiger partial charge in [-0.15, -0.1) is 0 Å². The summed E-state index contributed by atoms with van der Waals surface area (Å²) in [4.78, 5) is 30.1. The van der Waals surface area contributed by atoms with Crippen molar-refractivity contribution < 1.29 is 18.7 Å². The number of nitrogens with one attached hydrogen (secondary N) is 1. The van der Waals surface area contributed by atoms with Gasteiger partial charge in [0.25, 0.3) is 0 Å². The fourth-order valence-electron chi connectivity index (χ4n) is 6.27. The number of carbonyl (C=O) groups excluding carboxylic acids is 2. The highest BCUT2D eigenvalue weighted by Crippen LogP contribution is 2.63. The normalized spacial score (nSPS) is 36.5. The molecule has 6 nitrogen and oxygen atoms in total. The summed E-state index contributed by atoms with van der Waals surface area (Å²) >= 11 is 0. The van der Waals surface area contributed by atoms with Gasteiger partial charge in [0.15, 0.2) is 5.79 Å². The van der Waals surface area contributed by atoms with Crippen molar-refractivity contribution in [3.8, 4) is 17.2 Å². The molecule has 0 radical (unpaired) electrons. The van der Waals surface area contributed by atoms with Crippen LogP contribution in [-0.2, 0) is 14.3 Å². The van der Waals surface area contributed by atoms with Crippen molar-refractivity contribution in [3.63, 3.8) is 0 Å². The van der Waals surface area contributed by atoms with Crippen molar-refractivity contribution in [2.75, 3.05) is 0 Å². The molecule has 2 bridgehead atoms. The Balaban J connectivity index is 1.48. The molecule has 1 spiro atoms. The second kappa shape index (κ2) is 7.76. The van der Waals surface area contributed by atoms with Crippen LogP contribution in [0.15, 0.2) is 48.7 Å². The molecule has 2 aliphatic heterocycles. The zero-order valence-electron chi connectivity index (χ0n) is 19.3. The molecule has 3 fully saturated rings. The molecule has 2 aromatic rings. The molecule has 3 aliphatic rings. The molecule has 7 atom stereocenters. The average Bonchev–Trinajstić information content (AvgIpc) is 3.07. The summed E-state index contributed by atoms with van der Waals surface area (Å²) in [7, 11) is 0. The van der Waals surface area contributed by atoms with Gasteiger partial charge in [-0.1, -0.05) is 44.2 Å². The Labute approximate surface area is 197 Å². The number of aromatic nitrogens is 1. The van der Waals surface area contributed by atoms with Crippen LogP contribution in [0, 0.1) is 40.4 Å². The molecule has 1 amide bonds. The summed E-state index contributed by atoms with van der Waals surface area (Å²) in [6.07, 6.45) is 4.98. The molecule has 1 aromatic carbocycles. The van der Waals surface area contributed by atoms with Crippen molar-refractivity contribution in [2.24, 2.45) is 29.1 Å². The van der Waals surface area contributed by atoms with E-state index in [9.17, 15) is 14.9 Å². The summed E-state index contributed by atoms with van der Waals surface area (Å²) in [5.74, 6) is -4.73. The summed E-state index contributed by atoms with van der Waals surface area (Å²) in [5.41, 5.74) is 1.72. The van der Waals surface area contributed by atoms with E-state index in [0.29, 0.717) is 11.3 Å². The molecular formula is C27H26FN3O3.